The molecule has 12 aromatic carbocycles. The van der Waals surface area contributed by atoms with Crippen molar-refractivity contribution in [3.8, 4) is 33.4 Å². The fourth-order valence-corrected chi connectivity index (χ4v) is 9.63. The minimum absolute atomic E-state index is 1.10. The third-order valence-corrected chi connectivity index (χ3v) is 12.6. The van der Waals surface area contributed by atoms with Crippen LogP contribution in [0.15, 0.2) is 237 Å². The van der Waals surface area contributed by atoms with Crippen LogP contribution >= 0.6 is 0 Å². The first kappa shape index (κ1) is 35.0. The summed E-state index contributed by atoms with van der Waals surface area (Å²) in [5.41, 5.74) is 10.6. The van der Waals surface area contributed by atoms with Crippen molar-refractivity contribution < 1.29 is 0 Å². The maximum Gasteiger partial charge on any atom is 0.0468 e. The zero-order valence-corrected chi connectivity index (χ0v) is 33.5. The second kappa shape index (κ2) is 14.4. The summed E-state index contributed by atoms with van der Waals surface area (Å²) in [6, 6.07) is 86.8. The second-order valence-electron chi connectivity index (χ2n) is 16.1. The van der Waals surface area contributed by atoms with Crippen LogP contribution in [0.2, 0.25) is 0 Å². The number of rotatable bonds is 6. The van der Waals surface area contributed by atoms with Crippen molar-refractivity contribution in [3.05, 3.63) is 237 Å². The predicted molar refractivity (Wildman–Crippen MR) is 262 cm³/mol. The van der Waals surface area contributed by atoms with E-state index in [1.807, 2.05) is 0 Å². The van der Waals surface area contributed by atoms with Crippen LogP contribution in [0.1, 0.15) is 0 Å². The number of hydrogen-bond acceptors (Lipinski definition) is 1. The van der Waals surface area contributed by atoms with Crippen molar-refractivity contribution in [1.82, 2.24) is 0 Å². The van der Waals surface area contributed by atoms with Gasteiger partial charge in [-0.1, -0.05) is 188 Å². The molecule has 0 unspecified atom stereocenters. The summed E-state index contributed by atoms with van der Waals surface area (Å²) in [7, 11) is 0. The molecule has 0 fully saturated rings. The number of anilines is 3. The van der Waals surface area contributed by atoms with Crippen molar-refractivity contribution >= 4 is 81.7 Å². The highest BCUT2D eigenvalue weighted by Gasteiger charge is 2.17. The van der Waals surface area contributed by atoms with E-state index in [-0.39, 0.29) is 0 Å². The van der Waals surface area contributed by atoms with E-state index < -0.39 is 0 Å². The van der Waals surface area contributed by atoms with E-state index in [1.165, 1.54) is 98.0 Å². The zero-order chi connectivity index (χ0) is 40.3. The van der Waals surface area contributed by atoms with Gasteiger partial charge in [-0.3, -0.25) is 0 Å². The Labute approximate surface area is 355 Å². The SMILES string of the molecule is c1ccc(-c2cccc(N(c3ccc(-c4cc5ccccc5c5ccccc45)cc3)c3ccc4cc(-c5cccc6c5ccc5c7ccccc7ccc65)ccc4c3)c2)cc1. The quantitative estimate of drug-likeness (QED) is 0.152. The molecule has 0 aliphatic heterocycles. The fourth-order valence-electron chi connectivity index (χ4n) is 9.63. The molecule has 0 spiro atoms. The normalized spacial score (nSPS) is 11.6. The zero-order valence-electron chi connectivity index (χ0n) is 33.5. The van der Waals surface area contributed by atoms with Gasteiger partial charge in [0.2, 0.25) is 0 Å². The topological polar surface area (TPSA) is 3.24 Å². The Balaban J connectivity index is 0.962. The Bertz CT molecular complexity index is 3640. The molecule has 0 amide bonds. The van der Waals surface area contributed by atoms with E-state index in [1.54, 1.807) is 0 Å². The molecule has 1 nitrogen and oxygen atoms in total. The van der Waals surface area contributed by atoms with E-state index in [0.29, 0.717) is 0 Å². The van der Waals surface area contributed by atoms with Gasteiger partial charge in [0.1, 0.15) is 0 Å². The predicted octanol–water partition coefficient (Wildman–Crippen LogP) is 17.1. The lowest BCUT2D eigenvalue weighted by Gasteiger charge is -2.27. The molecule has 0 aromatic heterocycles. The highest BCUT2D eigenvalue weighted by molar-refractivity contribution is 6.19. The Morgan fingerprint density at radius 1 is 0.197 bits per heavy atom. The summed E-state index contributed by atoms with van der Waals surface area (Å²) < 4.78 is 0. The molecule has 12 aromatic rings. The Hall–Kier alpha value is -8.00. The summed E-state index contributed by atoms with van der Waals surface area (Å²) in [5, 5.41) is 15.2. The number of benzene rings is 12. The molecule has 284 valence electrons. The van der Waals surface area contributed by atoms with Crippen molar-refractivity contribution in [2.75, 3.05) is 4.90 Å². The first-order valence-electron chi connectivity index (χ1n) is 21.1. The maximum atomic E-state index is 2.39. The lowest BCUT2D eigenvalue weighted by atomic mass is 9.92. The first-order chi connectivity index (χ1) is 30.2. The lowest BCUT2D eigenvalue weighted by Crippen LogP contribution is -2.10. The molecule has 0 aliphatic carbocycles. The summed E-state index contributed by atoms with van der Waals surface area (Å²) in [5.74, 6) is 0. The van der Waals surface area contributed by atoms with Crippen LogP contribution in [0, 0.1) is 0 Å². The fraction of sp³-hybridized carbons (Fsp3) is 0. The largest absolute Gasteiger partial charge is 0.310 e. The van der Waals surface area contributed by atoms with Gasteiger partial charge in [-0.2, -0.15) is 0 Å². The van der Waals surface area contributed by atoms with Crippen LogP contribution in [0.3, 0.4) is 0 Å². The molecule has 0 bridgehead atoms. The third kappa shape index (κ3) is 6.02. The number of nitrogens with zero attached hydrogens (tertiary/aromatic N) is 1. The monoisotopic (exact) mass is 773 g/mol. The van der Waals surface area contributed by atoms with E-state index in [9.17, 15) is 0 Å². The third-order valence-electron chi connectivity index (χ3n) is 12.6. The van der Waals surface area contributed by atoms with Crippen LogP contribution in [-0.2, 0) is 0 Å². The summed E-state index contributed by atoms with van der Waals surface area (Å²) in [6.07, 6.45) is 0. The van der Waals surface area contributed by atoms with Gasteiger partial charge in [0.15, 0.2) is 0 Å². The highest BCUT2D eigenvalue weighted by atomic mass is 15.1. The Kier molecular flexibility index (Phi) is 8.25. The molecule has 0 aliphatic rings. The van der Waals surface area contributed by atoms with Crippen LogP contribution in [0.25, 0.3) is 98.0 Å². The van der Waals surface area contributed by atoms with Crippen LogP contribution in [0.4, 0.5) is 17.1 Å². The summed E-state index contributed by atoms with van der Waals surface area (Å²) in [6.45, 7) is 0. The molecule has 0 radical (unpaired) electrons. The van der Waals surface area contributed by atoms with E-state index in [2.05, 4.69) is 241 Å². The molecular formula is C60H39N. The Morgan fingerprint density at radius 2 is 0.705 bits per heavy atom. The van der Waals surface area contributed by atoms with Crippen molar-refractivity contribution in [2.24, 2.45) is 0 Å². The second-order valence-corrected chi connectivity index (χ2v) is 16.1. The van der Waals surface area contributed by atoms with Crippen LogP contribution in [-0.4, -0.2) is 0 Å². The number of fused-ring (bicyclic) bond motifs is 9. The van der Waals surface area contributed by atoms with Crippen molar-refractivity contribution in [2.45, 2.75) is 0 Å². The van der Waals surface area contributed by atoms with Gasteiger partial charge in [0.25, 0.3) is 0 Å². The van der Waals surface area contributed by atoms with Gasteiger partial charge >= 0.3 is 0 Å². The van der Waals surface area contributed by atoms with Gasteiger partial charge < -0.3 is 4.90 Å². The van der Waals surface area contributed by atoms with Gasteiger partial charge in [-0.25, -0.2) is 0 Å². The van der Waals surface area contributed by atoms with Crippen LogP contribution < -0.4 is 4.90 Å². The molecule has 1 heteroatoms. The molecule has 0 atom stereocenters. The molecule has 0 heterocycles. The maximum absolute atomic E-state index is 2.39. The molecule has 0 N–H and O–H groups in total. The average molecular weight is 774 g/mol. The van der Waals surface area contributed by atoms with Crippen molar-refractivity contribution in [3.63, 3.8) is 0 Å². The van der Waals surface area contributed by atoms with E-state index in [4.69, 9.17) is 0 Å². The smallest absolute Gasteiger partial charge is 0.0468 e. The molecule has 0 saturated heterocycles. The van der Waals surface area contributed by atoms with E-state index >= 15 is 0 Å². The molecule has 0 saturated carbocycles. The van der Waals surface area contributed by atoms with Gasteiger partial charge in [0.05, 0.1) is 0 Å². The highest BCUT2D eigenvalue weighted by Crippen LogP contribution is 2.42. The minimum Gasteiger partial charge on any atom is -0.310 e. The molecule has 12 rings (SSSR count). The lowest BCUT2D eigenvalue weighted by molar-refractivity contribution is 1.29. The first-order valence-corrected chi connectivity index (χ1v) is 21.1. The van der Waals surface area contributed by atoms with Gasteiger partial charge in [-0.15, -0.1) is 0 Å². The average Bonchev–Trinajstić information content (AvgIpc) is 3.34. The Morgan fingerprint density at radius 3 is 1.56 bits per heavy atom. The number of hydrogen-bond donors (Lipinski definition) is 0. The summed E-state index contributed by atoms with van der Waals surface area (Å²) >= 11 is 0. The van der Waals surface area contributed by atoms with Crippen molar-refractivity contribution in [1.29, 1.82) is 0 Å². The van der Waals surface area contributed by atoms with Crippen LogP contribution in [0.5, 0.6) is 0 Å². The standard InChI is InChI=1S/C60H39N/c1-2-12-40(13-3-1)43-16-10-17-49(37-43)61(48-30-26-42(27-31-48)60-39-46-15-5-7-19-52(46)54-20-8-9-21-56(54)60)50-32-28-44-36-47(25-24-45(44)38-50)53-22-11-23-55-58(53)35-34-57-51-18-6-4-14-41(51)29-33-59(55)57/h1-39H. The minimum atomic E-state index is 1.10. The van der Waals surface area contributed by atoms with Gasteiger partial charge in [0, 0.05) is 17.1 Å². The van der Waals surface area contributed by atoms with Gasteiger partial charge in [-0.05, 0) is 147 Å². The molecule has 61 heavy (non-hydrogen) atoms. The van der Waals surface area contributed by atoms with E-state index in [0.717, 1.165) is 17.1 Å². The summed E-state index contributed by atoms with van der Waals surface area (Å²) in [4.78, 5) is 2.39. The molecular weight excluding hydrogens is 735 g/mol.